The van der Waals surface area contributed by atoms with Crippen LogP contribution in [-0.2, 0) is 21.8 Å². The lowest BCUT2D eigenvalue weighted by atomic mass is 10.1. The van der Waals surface area contributed by atoms with Gasteiger partial charge in [0.25, 0.3) is 0 Å². The van der Waals surface area contributed by atoms with Crippen molar-refractivity contribution in [3.63, 3.8) is 0 Å². The molecule has 6 heteroatoms. The van der Waals surface area contributed by atoms with E-state index in [1.54, 1.807) is 0 Å². The lowest BCUT2D eigenvalue weighted by molar-refractivity contribution is -0.137. The zero-order valence-electron chi connectivity index (χ0n) is 7.88. The highest BCUT2D eigenvalue weighted by atomic mass is 32.2. The van der Waals surface area contributed by atoms with E-state index in [9.17, 15) is 21.6 Å². The van der Waals surface area contributed by atoms with Crippen molar-refractivity contribution in [2.45, 2.75) is 11.9 Å². The molecule has 0 unspecified atom stereocenters. The Labute approximate surface area is 85.6 Å². The molecule has 0 aliphatic rings. The lowest BCUT2D eigenvalue weighted by Crippen LogP contribution is -2.07. The maximum atomic E-state index is 12.3. The van der Waals surface area contributed by atoms with Crippen LogP contribution >= 0.6 is 0 Å². The predicted molar refractivity (Wildman–Crippen MR) is 50.0 cm³/mol. The van der Waals surface area contributed by atoms with Crippen LogP contribution in [0.1, 0.15) is 11.1 Å². The van der Waals surface area contributed by atoms with Crippen LogP contribution in [0.2, 0.25) is 0 Å². The summed E-state index contributed by atoms with van der Waals surface area (Å²) in [4.78, 5) is 0. The quantitative estimate of drug-likeness (QED) is 0.791. The van der Waals surface area contributed by atoms with Crippen molar-refractivity contribution in [2.24, 2.45) is 0 Å². The number of sulfone groups is 1. The molecule has 0 heterocycles. The van der Waals surface area contributed by atoms with E-state index in [-0.39, 0.29) is 11.3 Å². The van der Waals surface area contributed by atoms with Crippen molar-refractivity contribution in [3.8, 4) is 0 Å². The topological polar surface area (TPSA) is 34.1 Å². The van der Waals surface area contributed by atoms with Gasteiger partial charge < -0.3 is 0 Å². The third-order valence-electron chi connectivity index (χ3n) is 1.68. The fourth-order valence-corrected chi connectivity index (χ4v) is 1.93. The molecule has 1 rings (SSSR count). The Kier molecular flexibility index (Phi) is 3.08. The maximum absolute atomic E-state index is 12.3. The van der Waals surface area contributed by atoms with Crippen molar-refractivity contribution in [3.05, 3.63) is 35.4 Å². The van der Waals surface area contributed by atoms with Gasteiger partial charge in [-0.3, -0.25) is 0 Å². The Morgan fingerprint density at radius 1 is 1.27 bits per heavy atom. The maximum Gasteiger partial charge on any atom is 0.416 e. The van der Waals surface area contributed by atoms with Crippen molar-refractivity contribution in [2.75, 3.05) is 6.26 Å². The van der Waals surface area contributed by atoms with Gasteiger partial charge in [0.1, 0.15) is 0 Å². The molecule has 0 aliphatic carbocycles. The zero-order valence-corrected chi connectivity index (χ0v) is 8.69. The number of alkyl halides is 3. The second-order valence-corrected chi connectivity index (χ2v) is 5.41. The molecule has 84 valence electrons. The number of halogens is 3. The minimum Gasteiger partial charge on any atom is -0.229 e. The highest BCUT2D eigenvalue weighted by Crippen LogP contribution is 2.29. The highest BCUT2D eigenvalue weighted by Gasteiger charge is 2.30. The standard InChI is InChI=1S/C9H9F3O2S/c1-15(13,14)6-7-3-2-4-8(5-7)9(10,11)12/h2-5H,6H2,1H3. The summed E-state index contributed by atoms with van der Waals surface area (Å²) in [7, 11) is -3.31. The van der Waals surface area contributed by atoms with E-state index in [1.165, 1.54) is 12.1 Å². The largest absolute Gasteiger partial charge is 0.416 e. The highest BCUT2D eigenvalue weighted by molar-refractivity contribution is 7.89. The SMILES string of the molecule is CS(=O)(=O)Cc1cccc(C(F)(F)F)c1. The molecular weight excluding hydrogens is 229 g/mol. The van der Waals surface area contributed by atoms with Crippen molar-refractivity contribution >= 4 is 9.84 Å². The van der Waals surface area contributed by atoms with Gasteiger partial charge in [0.05, 0.1) is 11.3 Å². The molecule has 2 nitrogen and oxygen atoms in total. The van der Waals surface area contributed by atoms with Gasteiger partial charge in [0, 0.05) is 6.26 Å². The monoisotopic (exact) mass is 238 g/mol. The summed E-state index contributed by atoms with van der Waals surface area (Å²) in [6.07, 6.45) is -3.46. The third-order valence-corrected chi connectivity index (χ3v) is 2.54. The van der Waals surface area contributed by atoms with Crippen LogP contribution in [0, 0.1) is 0 Å². The summed E-state index contributed by atoms with van der Waals surface area (Å²) in [6, 6.07) is 4.31. The number of rotatable bonds is 2. The first-order valence-corrected chi connectivity index (χ1v) is 6.08. The fourth-order valence-electron chi connectivity index (χ4n) is 1.14. The van der Waals surface area contributed by atoms with Crippen LogP contribution in [-0.4, -0.2) is 14.7 Å². The zero-order chi connectivity index (χ0) is 11.7. The first-order valence-electron chi connectivity index (χ1n) is 4.02. The average Bonchev–Trinajstić information content (AvgIpc) is 1.99. The molecule has 0 aromatic heterocycles. The van der Waals surface area contributed by atoms with E-state index in [4.69, 9.17) is 0 Å². The van der Waals surface area contributed by atoms with Crippen LogP contribution in [0.25, 0.3) is 0 Å². The van der Waals surface area contributed by atoms with Crippen LogP contribution in [0.3, 0.4) is 0 Å². The Hall–Kier alpha value is -1.04. The van der Waals surface area contributed by atoms with Gasteiger partial charge in [0.2, 0.25) is 0 Å². The second kappa shape index (κ2) is 3.84. The predicted octanol–water partition coefficient (Wildman–Crippen LogP) is 2.25. The minimum absolute atomic E-state index is 0.146. The molecule has 0 amide bonds. The normalized spacial score (nSPS) is 12.8. The van der Waals surface area contributed by atoms with Gasteiger partial charge in [-0.05, 0) is 11.6 Å². The van der Waals surface area contributed by atoms with Gasteiger partial charge in [-0.1, -0.05) is 18.2 Å². The molecular formula is C9H9F3O2S. The summed E-state index contributed by atoms with van der Waals surface area (Å²) in [6.45, 7) is 0. The van der Waals surface area contributed by atoms with Crippen molar-refractivity contribution in [1.29, 1.82) is 0 Å². The van der Waals surface area contributed by atoms with Gasteiger partial charge >= 0.3 is 6.18 Å². The smallest absolute Gasteiger partial charge is 0.229 e. The molecule has 0 fully saturated rings. The van der Waals surface area contributed by atoms with Gasteiger partial charge in [0.15, 0.2) is 9.84 Å². The molecule has 15 heavy (non-hydrogen) atoms. The van der Waals surface area contributed by atoms with E-state index in [2.05, 4.69) is 0 Å². The lowest BCUT2D eigenvalue weighted by Gasteiger charge is -2.07. The Balaban J connectivity index is 3.04. The van der Waals surface area contributed by atoms with Gasteiger partial charge in [-0.25, -0.2) is 8.42 Å². The first kappa shape index (κ1) is 12.0. The van der Waals surface area contributed by atoms with Crippen molar-refractivity contribution in [1.82, 2.24) is 0 Å². The average molecular weight is 238 g/mol. The Bertz CT molecular complexity index is 449. The van der Waals surface area contributed by atoms with Gasteiger partial charge in [-0.15, -0.1) is 0 Å². The van der Waals surface area contributed by atoms with E-state index in [1.807, 2.05) is 0 Å². The first-order chi connectivity index (χ1) is 6.68. The van der Waals surface area contributed by atoms with Crippen LogP contribution in [0.15, 0.2) is 24.3 Å². The second-order valence-electron chi connectivity index (χ2n) is 3.27. The number of hydrogen-bond acceptors (Lipinski definition) is 2. The molecule has 0 saturated carbocycles. The summed E-state index contributed by atoms with van der Waals surface area (Å²) in [5, 5.41) is 0. The molecule has 0 atom stereocenters. The molecule has 0 radical (unpaired) electrons. The van der Waals surface area contributed by atoms with Crippen molar-refractivity contribution < 1.29 is 21.6 Å². The molecule has 0 saturated heterocycles. The molecule has 0 N–H and O–H groups in total. The Morgan fingerprint density at radius 2 is 1.87 bits per heavy atom. The van der Waals surface area contributed by atoms with E-state index in [0.717, 1.165) is 18.4 Å². The fraction of sp³-hybridized carbons (Fsp3) is 0.333. The number of hydrogen-bond donors (Lipinski definition) is 0. The molecule has 0 bridgehead atoms. The Morgan fingerprint density at radius 3 is 2.33 bits per heavy atom. The van der Waals surface area contributed by atoms with Crippen LogP contribution in [0.5, 0.6) is 0 Å². The van der Waals surface area contributed by atoms with Gasteiger partial charge in [-0.2, -0.15) is 13.2 Å². The summed E-state index contributed by atoms with van der Waals surface area (Å²) in [5.41, 5.74) is -0.684. The molecule has 1 aromatic carbocycles. The molecule has 0 spiro atoms. The summed E-state index contributed by atoms with van der Waals surface area (Å²) < 4.78 is 58.5. The third kappa shape index (κ3) is 3.91. The van der Waals surface area contributed by atoms with E-state index >= 15 is 0 Å². The van der Waals surface area contributed by atoms with Crippen LogP contribution < -0.4 is 0 Å². The minimum atomic E-state index is -4.44. The molecule has 0 aliphatic heterocycles. The summed E-state index contributed by atoms with van der Waals surface area (Å²) >= 11 is 0. The molecule has 1 aromatic rings. The van der Waals surface area contributed by atoms with E-state index < -0.39 is 21.6 Å². The van der Waals surface area contributed by atoms with Crippen LogP contribution in [0.4, 0.5) is 13.2 Å². The summed E-state index contributed by atoms with van der Waals surface area (Å²) in [5.74, 6) is -0.378. The van der Waals surface area contributed by atoms with E-state index in [0.29, 0.717) is 0 Å². The number of benzene rings is 1.